The zero-order valence-corrected chi connectivity index (χ0v) is 10.9. The molecule has 1 heterocycles. The van der Waals surface area contributed by atoms with E-state index in [9.17, 15) is 9.59 Å². The number of thioether (sulfide) groups is 1. The van der Waals surface area contributed by atoms with Crippen LogP contribution >= 0.6 is 11.8 Å². The van der Waals surface area contributed by atoms with E-state index in [1.54, 1.807) is 18.7 Å². The van der Waals surface area contributed by atoms with Crippen molar-refractivity contribution in [1.82, 2.24) is 10.6 Å². The lowest BCUT2D eigenvalue weighted by atomic mass is 10.2. The minimum atomic E-state index is -0.965. The van der Waals surface area contributed by atoms with Crippen molar-refractivity contribution in [2.24, 2.45) is 0 Å². The maximum atomic E-state index is 11.5. The van der Waals surface area contributed by atoms with Crippen LogP contribution in [0.25, 0.3) is 0 Å². The van der Waals surface area contributed by atoms with Crippen molar-refractivity contribution in [3.05, 3.63) is 0 Å². The molecule has 1 fully saturated rings. The summed E-state index contributed by atoms with van der Waals surface area (Å²) in [6.45, 7) is 3.76. The van der Waals surface area contributed by atoms with Crippen LogP contribution in [0, 0.1) is 0 Å². The lowest BCUT2D eigenvalue weighted by molar-refractivity contribution is -0.141. The molecule has 1 aliphatic heterocycles. The summed E-state index contributed by atoms with van der Waals surface area (Å²) < 4.78 is 0. The molecule has 0 spiro atoms. The van der Waals surface area contributed by atoms with E-state index in [2.05, 4.69) is 10.6 Å². The second kappa shape index (κ2) is 7.55. The molecule has 1 atom stereocenters. The van der Waals surface area contributed by atoms with Gasteiger partial charge in [-0.25, -0.2) is 4.79 Å². The molecule has 5 nitrogen and oxygen atoms in total. The molecule has 1 rings (SSSR count). The van der Waals surface area contributed by atoms with Crippen LogP contribution in [-0.4, -0.2) is 47.1 Å². The van der Waals surface area contributed by atoms with Crippen LogP contribution in [0.2, 0.25) is 0 Å². The summed E-state index contributed by atoms with van der Waals surface area (Å²) in [5.74, 6) is -0.787. The number of carbonyl (C=O) groups excluding carboxylic acids is 1. The van der Waals surface area contributed by atoms with E-state index in [-0.39, 0.29) is 5.91 Å². The fourth-order valence-corrected chi connectivity index (χ4v) is 2.77. The van der Waals surface area contributed by atoms with Gasteiger partial charge in [0.25, 0.3) is 0 Å². The van der Waals surface area contributed by atoms with Gasteiger partial charge in [-0.1, -0.05) is 6.92 Å². The molecule has 1 saturated heterocycles. The van der Waals surface area contributed by atoms with Gasteiger partial charge in [-0.3, -0.25) is 4.79 Å². The predicted octanol–water partition coefficient (Wildman–Crippen LogP) is 0.451. The lowest BCUT2D eigenvalue weighted by Crippen LogP contribution is -2.41. The van der Waals surface area contributed by atoms with E-state index in [1.165, 1.54) is 0 Å². The third-order valence-corrected chi connectivity index (χ3v) is 4.15. The van der Waals surface area contributed by atoms with Gasteiger partial charge in [-0.15, -0.1) is 11.8 Å². The summed E-state index contributed by atoms with van der Waals surface area (Å²) in [5, 5.41) is 15.1. The number of carboxylic acids is 1. The van der Waals surface area contributed by atoms with Gasteiger partial charge in [0, 0.05) is 5.25 Å². The highest BCUT2D eigenvalue weighted by molar-refractivity contribution is 8.00. The van der Waals surface area contributed by atoms with Crippen LogP contribution in [0.1, 0.15) is 26.2 Å². The van der Waals surface area contributed by atoms with Crippen LogP contribution in [0.5, 0.6) is 0 Å². The molecule has 0 aromatic heterocycles. The Kier molecular flexibility index (Phi) is 6.36. The quantitative estimate of drug-likeness (QED) is 0.646. The molecule has 0 unspecified atom stereocenters. The molecule has 1 amide bonds. The smallest absolute Gasteiger partial charge is 0.326 e. The van der Waals surface area contributed by atoms with Crippen molar-refractivity contribution in [1.29, 1.82) is 0 Å². The predicted molar refractivity (Wildman–Crippen MR) is 68.2 cm³/mol. The van der Waals surface area contributed by atoms with Crippen molar-refractivity contribution >= 4 is 23.6 Å². The first-order chi connectivity index (χ1) is 8.13. The van der Waals surface area contributed by atoms with Crippen LogP contribution in [0.4, 0.5) is 0 Å². The zero-order chi connectivity index (χ0) is 12.7. The van der Waals surface area contributed by atoms with Crippen molar-refractivity contribution < 1.29 is 14.7 Å². The Morgan fingerprint density at radius 1 is 1.47 bits per heavy atom. The van der Waals surface area contributed by atoms with Crippen molar-refractivity contribution in [3.63, 3.8) is 0 Å². The average molecular weight is 260 g/mol. The number of nitrogens with one attached hydrogen (secondary N) is 2. The molecular weight excluding hydrogens is 240 g/mol. The van der Waals surface area contributed by atoms with Gasteiger partial charge in [0.1, 0.15) is 6.04 Å². The number of carbonyl (C=O) groups is 2. The Bertz CT molecular complexity index is 267. The molecule has 98 valence electrons. The molecule has 0 aliphatic carbocycles. The first-order valence-electron chi connectivity index (χ1n) is 5.98. The van der Waals surface area contributed by atoms with E-state index >= 15 is 0 Å². The van der Waals surface area contributed by atoms with Gasteiger partial charge in [-0.05, 0) is 32.4 Å². The summed E-state index contributed by atoms with van der Waals surface area (Å²) >= 11 is 1.62. The maximum absolute atomic E-state index is 11.5. The van der Waals surface area contributed by atoms with Crippen molar-refractivity contribution in [2.45, 2.75) is 37.5 Å². The topological polar surface area (TPSA) is 78.4 Å². The molecule has 0 saturated carbocycles. The Hall–Kier alpha value is -0.750. The van der Waals surface area contributed by atoms with Gasteiger partial charge < -0.3 is 15.7 Å². The molecule has 0 radical (unpaired) electrons. The molecular formula is C11H20N2O3S. The second-order valence-electron chi connectivity index (χ2n) is 4.13. The Morgan fingerprint density at radius 2 is 2.12 bits per heavy atom. The van der Waals surface area contributed by atoms with Gasteiger partial charge in [-0.2, -0.15) is 0 Å². The number of amides is 1. The Morgan fingerprint density at radius 3 is 2.65 bits per heavy atom. The molecule has 6 heteroatoms. The van der Waals surface area contributed by atoms with Gasteiger partial charge in [0.2, 0.25) is 5.91 Å². The van der Waals surface area contributed by atoms with E-state index in [0.29, 0.717) is 17.4 Å². The van der Waals surface area contributed by atoms with E-state index in [1.807, 2.05) is 0 Å². The van der Waals surface area contributed by atoms with E-state index in [0.717, 1.165) is 25.9 Å². The number of hydrogen-bond acceptors (Lipinski definition) is 4. The number of aliphatic carboxylic acids is 1. The van der Waals surface area contributed by atoms with Gasteiger partial charge in [0.05, 0.1) is 5.75 Å². The maximum Gasteiger partial charge on any atom is 0.326 e. The monoisotopic (exact) mass is 260 g/mol. The normalized spacial score (nSPS) is 18.6. The van der Waals surface area contributed by atoms with Gasteiger partial charge in [0.15, 0.2) is 0 Å². The van der Waals surface area contributed by atoms with Crippen LogP contribution in [-0.2, 0) is 9.59 Å². The summed E-state index contributed by atoms with van der Waals surface area (Å²) in [6, 6.07) is -0.754. The second-order valence-corrected chi connectivity index (χ2v) is 5.42. The number of piperidine rings is 1. The molecule has 0 aromatic rings. The minimum absolute atomic E-state index is 0.178. The molecule has 1 aliphatic rings. The van der Waals surface area contributed by atoms with E-state index < -0.39 is 12.0 Å². The highest BCUT2D eigenvalue weighted by atomic mass is 32.2. The third-order valence-electron chi connectivity index (χ3n) is 2.78. The number of carboxylic acid groups (broad SMARTS) is 1. The molecule has 0 aromatic carbocycles. The fraction of sp³-hybridized carbons (Fsp3) is 0.818. The summed E-state index contributed by atoms with van der Waals surface area (Å²) in [7, 11) is 0. The summed E-state index contributed by atoms with van der Waals surface area (Å²) in [4.78, 5) is 22.3. The first-order valence-corrected chi connectivity index (χ1v) is 7.02. The van der Waals surface area contributed by atoms with Crippen LogP contribution < -0.4 is 10.6 Å². The third kappa shape index (κ3) is 5.41. The Balaban J connectivity index is 2.21. The zero-order valence-electron chi connectivity index (χ0n) is 10.1. The van der Waals surface area contributed by atoms with Gasteiger partial charge >= 0.3 is 5.97 Å². The highest BCUT2D eigenvalue weighted by Gasteiger charge is 2.19. The number of hydrogen-bond donors (Lipinski definition) is 3. The minimum Gasteiger partial charge on any atom is -0.480 e. The Labute approximate surface area is 106 Å². The van der Waals surface area contributed by atoms with E-state index in [4.69, 9.17) is 5.11 Å². The van der Waals surface area contributed by atoms with Crippen molar-refractivity contribution in [2.75, 3.05) is 18.8 Å². The average Bonchev–Trinajstić information content (AvgIpc) is 2.34. The van der Waals surface area contributed by atoms with Crippen LogP contribution in [0.3, 0.4) is 0 Å². The summed E-state index contributed by atoms with van der Waals surface area (Å²) in [5.41, 5.74) is 0. The lowest BCUT2D eigenvalue weighted by Gasteiger charge is -2.22. The number of rotatable bonds is 6. The molecule has 17 heavy (non-hydrogen) atoms. The standard InChI is InChI=1S/C11H20N2O3S/c1-2-9(11(15)16)13-10(14)7-17-8-3-5-12-6-4-8/h8-9,12H,2-7H2,1H3,(H,13,14)(H,15,16)/t9-/m1/s1. The molecule has 0 bridgehead atoms. The largest absolute Gasteiger partial charge is 0.480 e. The summed E-state index contributed by atoms with van der Waals surface area (Å²) in [6.07, 6.45) is 2.57. The van der Waals surface area contributed by atoms with Crippen LogP contribution in [0.15, 0.2) is 0 Å². The molecule has 3 N–H and O–H groups in total. The van der Waals surface area contributed by atoms with Crippen molar-refractivity contribution in [3.8, 4) is 0 Å². The highest BCUT2D eigenvalue weighted by Crippen LogP contribution is 2.19. The SMILES string of the molecule is CC[C@@H](NC(=O)CSC1CCNCC1)C(=O)O. The fourth-order valence-electron chi connectivity index (χ4n) is 1.73. The first kappa shape index (κ1) is 14.3.